The molecule has 1 aliphatic rings. The van der Waals surface area contributed by atoms with Gasteiger partial charge in [-0.1, -0.05) is 38.7 Å². The SMILES string of the molecule is C=CC[C@]1(CCCCCC)C[C@H]1COC(C)=O. The second-order valence-electron chi connectivity index (χ2n) is 5.37. The molecule has 0 aromatic rings. The van der Waals surface area contributed by atoms with E-state index in [1.807, 2.05) is 6.08 Å². The van der Waals surface area contributed by atoms with Gasteiger partial charge in [0, 0.05) is 6.92 Å². The van der Waals surface area contributed by atoms with Gasteiger partial charge < -0.3 is 4.74 Å². The van der Waals surface area contributed by atoms with Crippen molar-refractivity contribution in [1.82, 2.24) is 0 Å². The molecule has 17 heavy (non-hydrogen) atoms. The summed E-state index contributed by atoms with van der Waals surface area (Å²) in [6.07, 6.45) is 10.8. The van der Waals surface area contributed by atoms with E-state index in [-0.39, 0.29) is 5.97 Å². The third-order valence-corrected chi connectivity index (χ3v) is 3.93. The van der Waals surface area contributed by atoms with Crippen LogP contribution in [0.1, 0.15) is 58.8 Å². The second kappa shape index (κ2) is 6.83. The Morgan fingerprint density at radius 3 is 2.82 bits per heavy atom. The fourth-order valence-electron chi connectivity index (χ4n) is 2.73. The second-order valence-corrected chi connectivity index (χ2v) is 5.37. The normalized spacial score (nSPS) is 26.6. The van der Waals surface area contributed by atoms with E-state index in [4.69, 9.17) is 4.74 Å². The summed E-state index contributed by atoms with van der Waals surface area (Å²) in [7, 11) is 0. The largest absolute Gasteiger partial charge is 0.466 e. The van der Waals surface area contributed by atoms with Crippen LogP contribution in [0.5, 0.6) is 0 Å². The van der Waals surface area contributed by atoms with Gasteiger partial charge in [-0.05, 0) is 30.6 Å². The van der Waals surface area contributed by atoms with E-state index in [1.54, 1.807) is 0 Å². The molecule has 0 aromatic carbocycles. The van der Waals surface area contributed by atoms with Crippen molar-refractivity contribution < 1.29 is 9.53 Å². The van der Waals surface area contributed by atoms with Crippen LogP contribution in [-0.4, -0.2) is 12.6 Å². The minimum atomic E-state index is -0.157. The molecule has 0 aromatic heterocycles. The molecule has 0 bridgehead atoms. The van der Waals surface area contributed by atoms with Crippen LogP contribution in [0.25, 0.3) is 0 Å². The molecule has 0 N–H and O–H groups in total. The zero-order valence-corrected chi connectivity index (χ0v) is 11.3. The number of unbranched alkanes of at least 4 members (excludes halogenated alkanes) is 3. The fourth-order valence-corrected chi connectivity index (χ4v) is 2.73. The maximum atomic E-state index is 10.8. The van der Waals surface area contributed by atoms with Crippen molar-refractivity contribution in [3.8, 4) is 0 Å². The van der Waals surface area contributed by atoms with Gasteiger partial charge in [-0.15, -0.1) is 6.58 Å². The summed E-state index contributed by atoms with van der Waals surface area (Å²) in [5, 5.41) is 0. The molecule has 2 atom stereocenters. The molecule has 0 spiro atoms. The van der Waals surface area contributed by atoms with E-state index in [0.717, 1.165) is 6.42 Å². The maximum absolute atomic E-state index is 10.8. The van der Waals surface area contributed by atoms with Crippen molar-refractivity contribution in [3.63, 3.8) is 0 Å². The lowest BCUT2D eigenvalue weighted by Gasteiger charge is -2.15. The maximum Gasteiger partial charge on any atom is 0.302 e. The number of ether oxygens (including phenoxy) is 1. The van der Waals surface area contributed by atoms with Crippen LogP contribution in [0.3, 0.4) is 0 Å². The summed E-state index contributed by atoms with van der Waals surface area (Å²) in [6.45, 7) is 8.18. The van der Waals surface area contributed by atoms with E-state index in [1.165, 1.54) is 45.4 Å². The van der Waals surface area contributed by atoms with E-state index in [0.29, 0.717) is 17.9 Å². The monoisotopic (exact) mass is 238 g/mol. The molecule has 1 rings (SSSR count). The van der Waals surface area contributed by atoms with Gasteiger partial charge in [0.15, 0.2) is 0 Å². The molecule has 0 radical (unpaired) electrons. The van der Waals surface area contributed by atoms with Gasteiger partial charge in [-0.3, -0.25) is 4.79 Å². The quantitative estimate of drug-likeness (QED) is 0.343. The average molecular weight is 238 g/mol. The number of carbonyl (C=O) groups excluding carboxylic acids is 1. The lowest BCUT2D eigenvalue weighted by atomic mass is 9.92. The van der Waals surface area contributed by atoms with E-state index in [2.05, 4.69) is 13.5 Å². The lowest BCUT2D eigenvalue weighted by molar-refractivity contribution is -0.141. The van der Waals surface area contributed by atoms with Crippen LogP contribution < -0.4 is 0 Å². The molecule has 1 aliphatic carbocycles. The highest BCUT2D eigenvalue weighted by atomic mass is 16.5. The fraction of sp³-hybridized carbons (Fsp3) is 0.800. The number of carbonyl (C=O) groups is 1. The van der Waals surface area contributed by atoms with Crippen LogP contribution in [0, 0.1) is 11.3 Å². The lowest BCUT2D eigenvalue weighted by Crippen LogP contribution is -2.10. The first-order chi connectivity index (χ1) is 8.14. The molecule has 1 saturated carbocycles. The van der Waals surface area contributed by atoms with E-state index < -0.39 is 0 Å². The van der Waals surface area contributed by atoms with Gasteiger partial charge in [0.05, 0.1) is 6.61 Å². The third-order valence-electron chi connectivity index (χ3n) is 3.93. The number of hydrogen-bond acceptors (Lipinski definition) is 2. The molecule has 0 heterocycles. The first-order valence-electron chi connectivity index (χ1n) is 6.89. The van der Waals surface area contributed by atoms with Crippen molar-refractivity contribution in [2.24, 2.45) is 11.3 Å². The molecular weight excluding hydrogens is 212 g/mol. The van der Waals surface area contributed by atoms with Crippen LogP contribution >= 0.6 is 0 Å². The van der Waals surface area contributed by atoms with Gasteiger partial charge in [-0.25, -0.2) is 0 Å². The first-order valence-corrected chi connectivity index (χ1v) is 6.89. The van der Waals surface area contributed by atoms with Crippen molar-refractivity contribution in [3.05, 3.63) is 12.7 Å². The Hall–Kier alpha value is -0.790. The molecule has 0 unspecified atom stereocenters. The van der Waals surface area contributed by atoms with Crippen LogP contribution in [0.15, 0.2) is 12.7 Å². The van der Waals surface area contributed by atoms with E-state index in [9.17, 15) is 4.79 Å². The molecule has 0 aliphatic heterocycles. The van der Waals surface area contributed by atoms with Gasteiger partial charge in [0.2, 0.25) is 0 Å². The summed E-state index contributed by atoms with van der Waals surface area (Å²) >= 11 is 0. The van der Waals surface area contributed by atoms with Gasteiger partial charge in [0.25, 0.3) is 0 Å². The predicted molar refractivity (Wildman–Crippen MR) is 70.7 cm³/mol. The minimum absolute atomic E-state index is 0.157. The summed E-state index contributed by atoms with van der Waals surface area (Å²) in [6, 6.07) is 0. The molecule has 1 fully saturated rings. The molecule has 2 nitrogen and oxygen atoms in total. The van der Waals surface area contributed by atoms with Crippen molar-refractivity contribution >= 4 is 5.97 Å². The number of esters is 1. The Kier molecular flexibility index (Phi) is 5.73. The zero-order valence-electron chi connectivity index (χ0n) is 11.3. The molecule has 0 amide bonds. The van der Waals surface area contributed by atoms with Gasteiger partial charge in [-0.2, -0.15) is 0 Å². The third kappa shape index (κ3) is 4.53. The number of hydrogen-bond donors (Lipinski definition) is 0. The molecule has 98 valence electrons. The Morgan fingerprint density at radius 1 is 1.47 bits per heavy atom. The summed E-state index contributed by atoms with van der Waals surface area (Å²) in [5.41, 5.74) is 0.408. The average Bonchev–Trinajstić information content (AvgIpc) is 2.96. The summed E-state index contributed by atoms with van der Waals surface area (Å²) in [5.74, 6) is 0.418. The highest BCUT2D eigenvalue weighted by molar-refractivity contribution is 5.65. The van der Waals surface area contributed by atoms with Gasteiger partial charge in [0.1, 0.15) is 0 Å². The molecular formula is C15H26O2. The minimum Gasteiger partial charge on any atom is -0.466 e. The Labute approximate surface area is 105 Å². The Morgan fingerprint density at radius 2 is 2.24 bits per heavy atom. The molecule has 0 saturated heterocycles. The highest BCUT2D eigenvalue weighted by Gasteiger charge is 2.52. The topological polar surface area (TPSA) is 26.3 Å². The predicted octanol–water partition coefficient (Wildman–Crippen LogP) is 4.10. The van der Waals surface area contributed by atoms with Crippen LogP contribution in [-0.2, 0) is 9.53 Å². The molecule has 2 heteroatoms. The van der Waals surface area contributed by atoms with Crippen molar-refractivity contribution in [1.29, 1.82) is 0 Å². The van der Waals surface area contributed by atoms with Crippen molar-refractivity contribution in [2.45, 2.75) is 58.8 Å². The Balaban J connectivity index is 2.28. The number of rotatable bonds is 9. The van der Waals surface area contributed by atoms with Gasteiger partial charge >= 0.3 is 5.97 Å². The van der Waals surface area contributed by atoms with Crippen molar-refractivity contribution in [2.75, 3.05) is 6.61 Å². The standard InChI is InChI=1S/C15H26O2/c1-4-6-7-8-10-15(9-5-2)11-14(15)12-17-13(3)16/h5,14H,2,4,6-12H2,1,3H3/t14-,15-/m0/s1. The summed E-state index contributed by atoms with van der Waals surface area (Å²) in [4.78, 5) is 10.8. The highest BCUT2D eigenvalue weighted by Crippen LogP contribution is 2.58. The summed E-state index contributed by atoms with van der Waals surface area (Å²) < 4.78 is 5.12. The van der Waals surface area contributed by atoms with Crippen LogP contribution in [0.2, 0.25) is 0 Å². The first kappa shape index (κ1) is 14.3. The Bertz CT molecular complexity index is 260. The van der Waals surface area contributed by atoms with E-state index >= 15 is 0 Å². The smallest absolute Gasteiger partial charge is 0.302 e. The zero-order chi connectivity index (χ0) is 12.7. The van der Waals surface area contributed by atoms with Crippen LogP contribution in [0.4, 0.5) is 0 Å². The number of allylic oxidation sites excluding steroid dienone is 1.